The van der Waals surface area contributed by atoms with E-state index in [0.717, 1.165) is 0 Å². The first-order chi connectivity index (χ1) is 12.9. The van der Waals surface area contributed by atoms with Crippen molar-refractivity contribution in [3.8, 4) is 0 Å². The zero-order chi connectivity index (χ0) is 20.8. The molecule has 158 valence electrons. The van der Waals surface area contributed by atoms with E-state index in [-0.39, 0.29) is 13.2 Å². The third-order valence-corrected chi connectivity index (χ3v) is 3.98. The maximum atomic E-state index is 9.92. The fourth-order valence-corrected chi connectivity index (χ4v) is 2.48. The number of hydrogen-bond acceptors (Lipinski definition) is 4. The zero-order valence-corrected chi connectivity index (χ0v) is 19.6. The molecule has 0 saturated heterocycles. The van der Waals surface area contributed by atoms with Crippen LogP contribution < -0.4 is 0 Å². The second kappa shape index (κ2) is 22.1. The Hall–Kier alpha value is -0.180. The van der Waals surface area contributed by atoms with Crippen LogP contribution in [0, 0.1) is 0 Å². The van der Waals surface area contributed by atoms with Gasteiger partial charge < -0.3 is 14.5 Å². The Kier molecular flexibility index (Phi) is 23.8. The summed E-state index contributed by atoms with van der Waals surface area (Å²) in [4.78, 5) is 16.2. The molecule has 0 radical (unpaired) electrons. The molecule has 0 heterocycles. The van der Waals surface area contributed by atoms with Gasteiger partial charge in [-0.2, -0.15) is 0 Å². The molecular weight excluding hydrogens is 403 g/mol. The average molecular weight is 439 g/mol. The SMILES string of the molecule is CCCCCCCCCc1ccccc1.COCCOP(=O)(O)O.P=NP. The highest BCUT2D eigenvalue weighted by atomic mass is 31.2. The number of methoxy groups -OCH3 is 1. The van der Waals surface area contributed by atoms with Gasteiger partial charge in [0.2, 0.25) is 0 Å². The summed E-state index contributed by atoms with van der Waals surface area (Å²) in [6, 6.07) is 10.8. The highest BCUT2D eigenvalue weighted by Crippen LogP contribution is 2.35. The Balaban J connectivity index is 0. The Morgan fingerprint density at radius 1 is 1.04 bits per heavy atom. The number of ether oxygens (including phenoxy) is 1. The van der Waals surface area contributed by atoms with E-state index in [2.05, 4.69) is 69.5 Å². The molecule has 2 N–H and O–H groups in total. The third-order valence-electron chi connectivity index (χ3n) is 3.46. The number of aryl methyl sites for hydroxylation is 1. The van der Waals surface area contributed by atoms with Crippen molar-refractivity contribution >= 4 is 26.2 Å². The number of phosphoric ester groups is 1. The molecule has 0 aliphatic heterocycles. The van der Waals surface area contributed by atoms with Crippen LogP contribution in [0.15, 0.2) is 34.8 Å². The van der Waals surface area contributed by atoms with Gasteiger partial charge in [-0.1, -0.05) is 75.8 Å². The Labute approximate surface area is 169 Å². The van der Waals surface area contributed by atoms with Crippen LogP contribution in [0.2, 0.25) is 0 Å². The summed E-state index contributed by atoms with van der Waals surface area (Å²) in [6.45, 7) is 2.38. The Morgan fingerprint density at radius 3 is 2.04 bits per heavy atom. The van der Waals surface area contributed by atoms with Gasteiger partial charge in [0.15, 0.2) is 0 Å². The normalized spacial score (nSPS) is 10.3. The number of rotatable bonds is 12. The van der Waals surface area contributed by atoms with Gasteiger partial charge >= 0.3 is 7.82 Å². The van der Waals surface area contributed by atoms with Crippen molar-refractivity contribution in [1.29, 1.82) is 0 Å². The monoisotopic (exact) mass is 439 g/mol. The fourth-order valence-electron chi connectivity index (χ4n) is 2.17. The molecule has 1 aromatic carbocycles. The molecule has 27 heavy (non-hydrogen) atoms. The lowest BCUT2D eigenvalue weighted by molar-refractivity contribution is 0.120. The van der Waals surface area contributed by atoms with Gasteiger partial charge in [0.05, 0.1) is 13.2 Å². The summed E-state index contributed by atoms with van der Waals surface area (Å²) >= 11 is 0. The first-order valence-corrected chi connectivity index (χ1v) is 11.7. The Bertz CT molecular complexity index is 471. The summed E-state index contributed by atoms with van der Waals surface area (Å²) < 4.78 is 21.6. The number of nitrogens with zero attached hydrogens (tertiary/aromatic N) is 1. The summed E-state index contributed by atoms with van der Waals surface area (Å²) in [5.41, 5.74) is 1.49. The molecule has 9 heteroatoms. The van der Waals surface area contributed by atoms with Crippen molar-refractivity contribution in [1.82, 2.24) is 0 Å². The molecule has 0 bridgehead atoms. The molecule has 0 fully saturated rings. The first kappa shape index (κ1) is 29.0. The molecule has 0 aliphatic rings. The van der Waals surface area contributed by atoms with E-state index in [9.17, 15) is 4.57 Å². The van der Waals surface area contributed by atoms with Crippen LogP contribution in [-0.2, 0) is 20.2 Å². The van der Waals surface area contributed by atoms with Gasteiger partial charge in [-0.05, 0) is 36.8 Å². The molecule has 0 spiro atoms. The van der Waals surface area contributed by atoms with Crippen molar-refractivity contribution in [2.75, 3.05) is 20.3 Å². The smallest absolute Gasteiger partial charge is 0.382 e. The van der Waals surface area contributed by atoms with Gasteiger partial charge in [-0.3, -0.25) is 9.04 Å². The predicted molar refractivity (Wildman–Crippen MR) is 118 cm³/mol. The topological polar surface area (TPSA) is 88.4 Å². The average Bonchev–Trinajstić information content (AvgIpc) is 2.62. The van der Waals surface area contributed by atoms with E-state index < -0.39 is 7.82 Å². The van der Waals surface area contributed by atoms with Crippen LogP contribution in [0.3, 0.4) is 0 Å². The van der Waals surface area contributed by atoms with Gasteiger partial charge in [0.25, 0.3) is 0 Å². The van der Waals surface area contributed by atoms with E-state index in [0.29, 0.717) is 0 Å². The molecule has 0 aliphatic carbocycles. The lowest BCUT2D eigenvalue weighted by Gasteiger charge is -2.02. The zero-order valence-electron chi connectivity index (χ0n) is 16.5. The minimum absolute atomic E-state index is 0.0826. The van der Waals surface area contributed by atoms with Crippen LogP contribution in [0.4, 0.5) is 0 Å². The standard InChI is InChI=1S/C15H24.C3H9O5P.H3NP2/c1-2-3-4-5-6-7-9-12-15-13-10-8-11-14-15;1-7-2-3-8-9(4,5)6;2-1-3/h8,10-11,13-14H,2-7,9,12H2,1H3;2-3H2,1H3,(H2,4,5,6);2H,3H2. The van der Waals surface area contributed by atoms with Crippen LogP contribution in [-0.4, -0.2) is 30.1 Å². The summed E-state index contributed by atoms with van der Waals surface area (Å²) in [7, 11) is 2.03. The van der Waals surface area contributed by atoms with E-state index in [1.807, 2.05) is 0 Å². The maximum absolute atomic E-state index is 9.92. The lowest BCUT2D eigenvalue weighted by atomic mass is 10.0. The largest absolute Gasteiger partial charge is 0.469 e. The summed E-state index contributed by atoms with van der Waals surface area (Å²) in [5, 5.41) is 0. The highest BCUT2D eigenvalue weighted by molar-refractivity contribution is 7.46. The minimum Gasteiger partial charge on any atom is -0.382 e. The van der Waals surface area contributed by atoms with Crippen LogP contribution in [0.1, 0.15) is 57.4 Å². The van der Waals surface area contributed by atoms with Crippen LogP contribution in [0.5, 0.6) is 0 Å². The minimum atomic E-state index is -4.28. The van der Waals surface area contributed by atoms with E-state index in [4.69, 9.17) is 9.79 Å². The highest BCUT2D eigenvalue weighted by Gasteiger charge is 2.11. The molecule has 1 aromatic rings. The number of phosphoric acid groups is 1. The molecule has 1 unspecified atom stereocenters. The lowest BCUT2D eigenvalue weighted by Crippen LogP contribution is -1.99. The molecule has 1 rings (SSSR count). The molecular formula is C18H36NO5P3. The number of unbranched alkanes of at least 4 members (excludes halogenated alkanes) is 6. The molecule has 0 aromatic heterocycles. The van der Waals surface area contributed by atoms with E-state index in [1.54, 1.807) is 0 Å². The predicted octanol–water partition coefficient (Wildman–Crippen LogP) is 5.82. The molecule has 0 saturated carbocycles. The molecule has 6 nitrogen and oxygen atoms in total. The fraction of sp³-hybridized carbons (Fsp3) is 0.667. The van der Waals surface area contributed by atoms with E-state index in [1.165, 1.54) is 64.0 Å². The van der Waals surface area contributed by atoms with Gasteiger partial charge in [-0.25, -0.2) is 4.57 Å². The van der Waals surface area contributed by atoms with Crippen molar-refractivity contribution in [3.05, 3.63) is 35.9 Å². The second-order valence-corrected chi connectivity index (χ2v) is 8.07. The van der Waals surface area contributed by atoms with E-state index >= 15 is 0 Å². The maximum Gasteiger partial charge on any atom is 0.469 e. The Morgan fingerprint density at radius 2 is 1.56 bits per heavy atom. The van der Waals surface area contributed by atoms with Crippen LogP contribution in [0.25, 0.3) is 0 Å². The summed E-state index contributed by atoms with van der Waals surface area (Å²) in [6.07, 6.45) is 11.1. The van der Waals surface area contributed by atoms with Gasteiger partial charge in [-0.15, -0.1) is 0 Å². The summed E-state index contributed by atoms with van der Waals surface area (Å²) in [5.74, 6) is 0. The third kappa shape index (κ3) is 28.1. The number of benzene rings is 1. The first-order valence-electron chi connectivity index (χ1n) is 9.20. The van der Waals surface area contributed by atoms with Crippen molar-refractivity contribution in [2.45, 2.75) is 58.3 Å². The van der Waals surface area contributed by atoms with Crippen molar-refractivity contribution < 1.29 is 23.6 Å². The van der Waals surface area contributed by atoms with Gasteiger partial charge in [0, 0.05) is 7.11 Å². The molecule has 0 amide bonds. The van der Waals surface area contributed by atoms with Crippen molar-refractivity contribution in [2.24, 2.45) is 4.52 Å². The van der Waals surface area contributed by atoms with Gasteiger partial charge in [0.1, 0.15) is 0 Å². The molecule has 1 atom stereocenters. The van der Waals surface area contributed by atoms with Crippen LogP contribution >= 0.6 is 26.2 Å². The van der Waals surface area contributed by atoms with Crippen molar-refractivity contribution in [3.63, 3.8) is 0 Å². The quantitative estimate of drug-likeness (QED) is 0.316. The number of hydrogen-bond donors (Lipinski definition) is 2. The second-order valence-electron chi connectivity index (χ2n) is 5.80.